The van der Waals surface area contributed by atoms with E-state index in [1.165, 1.54) is 12.8 Å². The van der Waals surface area contributed by atoms with Crippen molar-refractivity contribution in [2.75, 3.05) is 18.1 Å². The van der Waals surface area contributed by atoms with E-state index in [2.05, 4.69) is 5.32 Å². The SMILES string of the molecule is CCOC(=O)C1(NC2CC2)CCSC1. The molecule has 0 aromatic rings. The van der Waals surface area contributed by atoms with Crippen LogP contribution in [0, 0.1) is 0 Å². The molecule has 1 aliphatic heterocycles. The van der Waals surface area contributed by atoms with Crippen molar-refractivity contribution in [1.29, 1.82) is 0 Å². The average Bonchev–Trinajstić information content (AvgIpc) is 2.82. The average molecular weight is 215 g/mol. The van der Waals surface area contributed by atoms with Crippen molar-refractivity contribution < 1.29 is 9.53 Å². The molecule has 4 heteroatoms. The van der Waals surface area contributed by atoms with E-state index in [9.17, 15) is 4.79 Å². The van der Waals surface area contributed by atoms with Crippen LogP contribution < -0.4 is 5.32 Å². The van der Waals surface area contributed by atoms with Gasteiger partial charge in [-0.3, -0.25) is 10.1 Å². The highest BCUT2D eigenvalue weighted by atomic mass is 32.2. The summed E-state index contributed by atoms with van der Waals surface area (Å²) in [4.78, 5) is 11.8. The summed E-state index contributed by atoms with van der Waals surface area (Å²) >= 11 is 1.84. The number of thioether (sulfide) groups is 1. The molecular formula is C10H17NO2S. The van der Waals surface area contributed by atoms with Gasteiger partial charge >= 0.3 is 5.97 Å². The van der Waals surface area contributed by atoms with E-state index in [1.54, 1.807) is 0 Å². The molecule has 1 N–H and O–H groups in total. The minimum Gasteiger partial charge on any atom is -0.465 e. The Morgan fingerprint density at radius 2 is 2.43 bits per heavy atom. The molecule has 0 radical (unpaired) electrons. The van der Waals surface area contributed by atoms with Gasteiger partial charge < -0.3 is 4.74 Å². The monoisotopic (exact) mass is 215 g/mol. The van der Waals surface area contributed by atoms with Gasteiger partial charge in [0.25, 0.3) is 0 Å². The summed E-state index contributed by atoms with van der Waals surface area (Å²) in [7, 11) is 0. The lowest BCUT2D eigenvalue weighted by Crippen LogP contribution is -2.54. The Kier molecular flexibility index (Phi) is 3.02. The fourth-order valence-electron chi connectivity index (χ4n) is 1.79. The normalized spacial score (nSPS) is 31.8. The zero-order chi connectivity index (χ0) is 10.0. The van der Waals surface area contributed by atoms with E-state index in [0.29, 0.717) is 12.6 Å². The topological polar surface area (TPSA) is 38.3 Å². The largest absolute Gasteiger partial charge is 0.465 e. The Labute approximate surface area is 89.0 Å². The lowest BCUT2D eigenvalue weighted by atomic mass is 9.99. The van der Waals surface area contributed by atoms with Crippen LogP contribution in [0.1, 0.15) is 26.2 Å². The molecule has 0 amide bonds. The molecule has 1 aliphatic carbocycles. The van der Waals surface area contributed by atoms with Gasteiger partial charge in [-0.05, 0) is 31.9 Å². The van der Waals surface area contributed by atoms with E-state index in [-0.39, 0.29) is 11.5 Å². The molecule has 1 saturated heterocycles. The lowest BCUT2D eigenvalue weighted by Gasteiger charge is -2.27. The van der Waals surface area contributed by atoms with Crippen molar-refractivity contribution in [3.05, 3.63) is 0 Å². The van der Waals surface area contributed by atoms with Crippen LogP contribution >= 0.6 is 11.8 Å². The maximum absolute atomic E-state index is 11.8. The number of esters is 1. The van der Waals surface area contributed by atoms with Crippen LogP contribution in [0.25, 0.3) is 0 Å². The molecule has 1 saturated carbocycles. The second kappa shape index (κ2) is 4.11. The first kappa shape index (κ1) is 10.3. The number of hydrogen-bond donors (Lipinski definition) is 1. The Morgan fingerprint density at radius 3 is 2.93 bits per heavy atom. The van der Waals surface area contributed by atoms with Gasteiger partial charge in [-0.15, -0.1) is 0 Å². The summed E-state index contributed by atoms with van der Waals surface area (Å²) in [6.45, 7) is 2.35. The Hall–Kier alpha value is -0.220. The van der Waals surface area contributed by atoms with Gasteiger partial charge in [-0.25, -0.2) is 0 Å². The van der Waals surface area contributed by atoms with Crippen LogP contribution in [0.4, 0.5) is 0 Å². The van der Waals surface area contributed by atoms with Crippen LogP contribution in [0.2, 0.25) is 0 Å². The number of rotatable bonds is 4. The Balaban J connectivity index is 1.99. The van der Waals surface area contributed by atoms with Crippen molar-refractivity contribution in [3.63, 3.8) is 0 Å². The fourth-order valence-corrected chi connectivity index (χ4v) is 3.12. The summed E-state index contributed by atoms with van der Waals surface area (Å²) in [6.07, 6.45) is 3.35. The molecule has 2 rings (SSSR count). The number of hydrogen-bond acceptors (Lipinski definition) is 4. The zero-order valence-electron chi connectivity index (χ0n) is 8.54. The van der Waals surface area contributed by atoms with Gasteiger partial charge in [0.1, 0.15) is 5.54 Å². The quantitative estimate of drug-likeness (QED) is 0.715. The van der Waals surface area contributed by atoms with Gasteiger partial charge in [0.2, 0.25) is 0 Å². The van der Waals surface area contributed by atoms with Crippen molar-refractivity contribution >= 4 is 17.7 Å². The number of carbonyl (C=O) groups is 1. The first-order valence-electron chi connectivity index (χ1n) is 5.29. The lowest BCUT2D eigenvalue weighted by molar-refractivity contribution is -0.150. The Morgan fingerprint density at radius 1 is 1.64 bits per heavy atom. The van der Waals surface area contributed by atoms with Crippen LogP contribution in [0.5, 0.6) is 0 Å². The van der Waals surface area contributed by atoms with Gasteiger partial charge in [-0.1, -0.05) is 0 Å². The summed E-state index contributed by atoms with van der Waals surface area (Å²) in [5.41, 5.74) is -0.359. The highest BCUT2D eigenvalue weighted by Crippen LogP contribution is 2.33. The first-order valence-corrected chi connectivity index (χ1v) is 6.45. The van der Waals surface area contributed by atoms with Crippen LogP contribution in [-0.2, 0) is 9.53 Å². The third kappa shape index (κ3) is 2.06. The predicted octanol–water partition coefficient (Wildman–Crippen LogP) is 1.18. The predicted molar refractivity (Wildman–Crippen MR) is 57.5 cm³/mol. The van der Waals surface area contributed by atoms with E-state index < -0.39 is 0 Å². The molecule has 2 fully saturated rings. The maximum atomic E-state index is 11.8. The van der Waals surface area contributed by atoms with E-state index in [0.717, 1.165) is 17.9 Å². The van der Waals surface area contributed by atoms with E-state index >= 15 is 0 Å². The smallest absolute Gasteiger partial charge is 0.327 e. The van der Waals surface area contributed by atoms with Crippen molar-refractivity contribution in [1.82, 2.24) is 5.32 Å². The summed E-state index contributed by atoms with van der Waals surface area (Å²) < 4.78 is 5.14. The molecule has 2 aliphatic rings. The highest BCUT2D eigenvalue weighted by molar-refractivity contribution is 7.99. The summed E-state index contributed by atoms with van der Waals surface area (Å²) in [6, 6.07) is 0.568. The molecule has 0 spiro atoms. The molecule has 0 aromatic carbocycles. The maximum Gasteiger partial charge on any atom is 0.327 e. The van der Waals surface area contributed by atoms with Crippen LogP contribution in [0.15, 0.2) is 0 Å². The van der Waals surface area contributed by atoms with Crippen molar-refractivity contribution in [3.8, 4) is 0 Å². The second-order valence-corrected chi connectivity index (χ2v) is 5.13. The minimum absolute atomic E-state index is 0.0445. The number of carbonyl (C=O) groups excluding carboxylic acids is 1. The third-order valence-electron chi connectivity index (χ3n) is 2.75. The second-order valence-electron chi connectivity index (χ2n) is 4.02. The molecule has 80 valence electrons. The molecular weight excluding hydrogens is 198 g/mol. The molecule has 1 heterocycles. The van der Waals surface area contributed by atoms with Crippen LogP contribution in [-0.4, -0.2) is 35.7 Å². The molecule has 1 atom stereocenters. The molecule has 1 unspecified atom stereocenters. The summed E-state index contributed by atoms with van der Waals surface area (Å²) in [5.74, 6) is 1.90. The van der Waals surface area contributed by atoms with Gasteiger partial charge in [0, 0.05) is 11.8 Å². The number of ether oxygens (including phenoxy) is 1. The van der Waals surface area contributed by atoms with Crippen molar-refractivity contribution in [2.24, 2.45) is 0 Å². The first-order chi connectivity index (χ1) is 6.77. The number of nitrogens with one attached hydrogen (secondary N) is 1. The standard InChI is InChI=1S/C10H17NO2S/c1-2-13-9(12)10(5-6-14-7-10)11-8-3-4-8/h8,11H,2-7H2,1H3. The minimum atomic E-state index is -0.359. The molecule has 0 bridgehead atoms. The highest BCUT2D eigenvalue weighted by Gasteiger charge is 2.46. The molecule has 14 heavy (non-hydrogen) atoms. The third-order valence-corrected chi connectivity index (χ3v) is 3.94. The van der Waals surface area contributed by atoms with Gasteiger partial charge in [0.05, 0.1) is 6.61 Å². The van der Waals surface area contributed by atoms with E-state index in [1.807, 2.05) is 18.7 Å². The van der Waals surface area contributed by atoms with Crippen molar-refractivity contribution in [2.45, 2.75) is 37.8 Å². The van der Waals surface area contributed by atoms with Crippen LogP contribution in [0.3, 0.4) is 0 Å². The summed E-state index contributed by atoms with van der Waals surface area (Å²) in [5, 5.41) is 3.46. The van der Waals surface area contributed by atoms with E-state index in [4.69, 9.17) is 4.74 Å². The van der Waals surface area contributed by atoms with Gasteiger partial charge in [-0.2, -0.15) is 11.8 Å². The Bertz CT molecular complexity index is 222. The zero-order valence-corrected chi connectivity index (χ0v) is 9.36. The van der Waals surface area contributed by atoms with Gasteiger partial charge in [0.15, 0.2) is 0 Å². The fraction of sp³-hybridized carbons (Fsp3) is 0.900. The molecule has 3 nitrogen and oxygen atoms in total. The molecule has 0 aromatic heterocycles.